The summed E-state index contributed by atoms with van der Waals surface area (Å²) in [4.78, 5) is 5.39. The lowest BCUT2D eigenvalue weighted by Gasteiger charge is -2.04. The number of rotatable bonds is 3. The van der Waals surface area contributed by atoms with Gasteiger partial charge in [0, 0.05) is 17.5 Å². The molecule has 0 aliphatic rings. The normalized spacial score (nSPS) is 11.1. The molecule has 0 fully saturated rings. The zero-order valence-corrected chi connectivity index (χ0v) is 11.6. The summed E-state index contributed by atoms with van der Waals surface area (Å²) < 4.78 is 7.06. The molecule has 98 valence electrons. The van der Waals surface area contributed by atoms with E-state index in [1.165, 1.54) is 0 Å². The highest BCUT2D eigenvalue weighted by Gasteiger charge is 2.11. The molecule has 6 heteroatoms. The van der Waals surface area contributed by atoms with Crippen LogP contribution in [0.25, 0.3) is 16.3 Å². The number of aromatic nitrogens is 3. The maximum absolute atomic E-state index is 5.67. The van der Waals surface area contributed by atoms with Crippen LogP contribution >= 0.6 is 11.3 Å². The van der Waals surface area contributed by atoms with Gasteiger partial charge in [0.2, 0.25) is 4.96 Å². The molecular weight excluding hydrogens is 260 g/mol. The van der Waals surface area contributed by atoms with Gasteiger partial charge in [0.25, 0.3) is 0 Å². The smallest absolute Gasteiger partial charge is 0.212 e. The zero-order valence-electron chi connectivity index (χ0n) is 10.8. The molecular formula is C13H14N4OS. The average Bonchev–Trinajstić information content (AvgIpc) is 2.98. The number of hydrogen-bond acceptors (Lipinski definition) is 5. The summed E-state index contributed by atoms with van der Waals surface area (Å²) in [5.74, 6) is 1.58. The monoisotopic (exact) mass is 274 g/mol. The van der Waals surface area contributed by atoms with E-state index in [9.17, 15) is 0 Å². The number of hydrogen-bond donors (Lipinski definition) is 1. The molecule has 0 unspecified atom stereocenters. The van der Waals surface area contributed by atoms with Crippen molar-refractivity contribution in [1.82, 2.24) is 14.6 Å². The first-order valence-electron chi connectivity index (χ1n) is 5.91. The highest BCUT2D eigenvalue weighted by Crippen LogP contribution is 2.25. The Morgan fingerprint density at radius 3 is 2.95 bits per heavy atom. The van der Waals surface area contributed by atoms with E-state index < -0.39 is 0 Å². The fraction of sp³-hybridized carbons (Fsp3) is 0.231. The summed E-state index contributed by atoms with van der Waals surface area (Å²) in [6.45, 7) is 2.47. The molecule has 2 aromatic heterocycles. The van der Waals surface area contributed by atoms with Gasteiger partial charge >= 0.3 is 0 Å². The first-order valence-corrected chi connectivity index (χ1v) is 6.79. The first-order chi connectivity index (χ1) is 9.22. The molecule has 3 rings (SSSR count). The molecule has 1 aromatic carbocycles. The first kappa shape index (κ1) is 12.1. The summed E-state index contributed by atoms with van der Waals surface area (Å²) in [5.41, 5.74) is 8.70. The van der Waals surface area contributed by atoms with Crippen molar-refractivity contribution < 1.29 is 4.74 Å². The lowest BCUT2D eigenvalue weighted by Crippen LogP contribution is -2.01. The fourth-order valence-corrected chi connectivity index (χ4v) is 2.84. The van der Waals surface area contributed by atoms with Gasteiger partial charge in [-0.25, -0.2) is 4.52 Å². The van der Waals surface area contributed by atoms with Crippen LogP contribution in [0.5, 0.6) is 5.75 Å². The topological polar surface area (TPSA) is 65.4 Å². The van der Waals surface area contributed by atoms with Crippen molar-refractivity contribution >= 4 is 16.3 Å². The molecule has 0 atom stereocenters. The van der Waals surface area contributed by atoms with Crippen molar-refractivity contribution in [3.63, 3.8) is 0 Å². The third-order valence-corrected chi connectivity index (χ3v) is 3.88. The Labute approximate surface area is 114 Å². The molecule has 2 heterocycles. The van der Waals surface area contributed by atoms with Crippen LogP contribution in [0.15, 0.2) is 23.6 Å². The van der Waals surface area contributed by atoms with Gasteiger partial charge in [0.15, 0.2) is 5.82 Å². The van der Waals surface area contributed by atoms with Gasteiger partial charge in [0.1, 0.15) is 5.75 Å². The van der Waals surface area contributed by atoms with E-state index in [-0.39, 0.29) is 0 Å². The van der Waals surface area contributed by atoms with Crippen molar-refractivity contribution in [3.05, 3.63) is 34.8 Å². The minimum Gasteiger partial charge on any atom is -0.496 e. The molecule has 19 heavy (non-hydrogen) atoms. The molecule has 0 amide bonds. The number of methoxy groups -OCH3 is 1. The number of benzene rings is 1. The van der Waals surface area contributed by atoms with Crippen molar-refractivity contribution in [2.45, 2.75) is 13.5 Å². The van der Waals surface area contributed by atoms with E-state index in [0.717, 1.165) is 27.5 Å². The van der Waals surface area contributed by atoms with Crippen molar-refractivity contribution in [2.75, 3.05) is 7.11 Å². The number of nitrogens with zero attached hydrogens (tertiary/aromatic N) is 3. The van der Waals surface area contributed by atoms with Crippen LogP contribution < -0.4 is 10.5 Å². The number of aryl methyl sites for hydroxylation is 1. The molecule has 0 radical (unpaired) electrons. The van der Waals surface area contributed by atoms with Crippen molar-refractivity contribution in [2.24, 2.45) is 5.73 Å². The van der Waals surface area contributed by atoms with Crippen LogP contribution in [-0.4, -0.2) is 21.7 Å². The van der Waals surface area contributed by atoms with Gasteiger partial charge in [0.05, 0.1) is 12.8 Å². The van der Waals surface area contributed by atoms with E-state index in [1.807, 2.05) is 30.5 Å². The van der Waals surface area contributed by atoms with Gasteiger partial charge < -0.3 is 10.5 Å². The number of ether oxygens (including phenoxy) is 1. The quantitative estimate of drug-likeness (QED) is 0.795. The predicted molar refractivity (Wildman–Crippen MR) is 75.5 cm³/mol. The summed E-state index contributed by atoms with van der Waals surface area (Å²) in [7, 11) is 1.67. The van der Waals surface area contributed by atoms with E-state index in [4.69, 9.17) is 10.5 Å². The lowest BCUT2D eigenvalue weighted by atomic mass is 10.1. The van der Waals surface area contributed by atoms with Gasteiger partial charge in [-0.2, -0.15) is 4.98 Å². The number of fused-ring (bicyclic) bond motifs is 1. The van der Waals surface area contributed by atoms with Crippen LogP contribution in [0.3, 0.4) is 0 Å². The van der Waals surface area contributed by atoms with Crippen LogP contribution in [0.2, 0.25) is 0 Å². The minimum absolute atomic E-state index is 0.463. The van der Waals surface area contributed by atoms with Crippen LogP contribution in [0, 0.1) is 6.92 Å². The minimum atomic E-state index is 0.463. The second kappa shape index (κ2) is 4.64. The van der Waals surface area contributed by atoms with Gasteiger partial charge in [-0.15, -0.1) is 16.4 Å². The Bertz CT molecular complexity index is 731. The zero-order chi connectivity index (χ0) is 13.4. The van der Waals surface area contributed by atoms with Gasteiger partial charge in [-0.1, -0.05) is 0 Å². The maximum atomic E-state index is 5.67. The average molecular weight is 274 g/mol. The SMILES string of the molecule is COc1ccc(-c2nc3scc(CN)n3n2)cc1C. The van der Waals surface area contributed by atoms with E-state index in [2.05, 4.69) is 10.1 Å². The second-order valence-electron chi connectivity index (χ2n) is 4.25. The molecule has 5 nitrogen and oxygen atoms in total. The van der Waals surface area contributed by atoms with Crippen LogP contribution in [0.4, 0.5) is 0 Å². The van der Waals surface area contributed by atoms with Gasteiger partial charge in [-0.05, 0) is 30.7 Å². The molecule has 0 saturated heterocycles. The van der Waals surface area contributed by atoms with E-state index in [0.29, 0.717) is 12.4 Å². The highest BCUT2D eigenvalue weighted by molar-refractivity contribution is 7.15. The van der Waals surface area contributed by atoms with Crippen molar-refractivity contribution in [1.29, 1.82) is 0 Å². The molecule has 0 saturated carbocycles. The molecule has 0 spiro atoms. The standard InChI is InChI=1S/C13H14N4OS/c1-8-5-9(3-4-11(8)18-2)12-15-13-17(16-12)10(6-14)7-19-13/h3-5,7H,6,14H2,1-2H3. The summed E-state index contributed by atoms with van der Waals surface area (Å²) in [6, 6.07) is 5.93. The molecule has 2 N–H and O–H groups in total. The lowest BCUT2D eigenvalue weighted by molar-refractivity contribution is 0.412. The van der Waals surface area contributed by atoms with Crippen molar-refractivity contribution in [3.8, 4) is 17.1 Å². The molecule has 3 aromatic rings. The molecule has 0 bridgehead atoms. The molecule has 0 aliphatic heterocycles. The van der Waals surface area contributed by atoms with Gasteiger partial charge in [-0.3, -0.25) is 0 Å². The summed E-state index contributed by atoms with van der Waals surface area (Å²) in [6.07, 6.45) is 0. The Kier molecular flexibility index (Phi) is 2.96. The summed E-state index contributed by atoms with van der Waals surface area (Å²) >= 11 is 1.55. The van der Waals surface area contributed by atoms with Crippen LogP contribution in [-0.2, 0) is 6.54 Å². The Morgan fingerprint density at radius 2 is 2.26 bits per heavy atom. The molecule has 0 aliphatic carbocycles. The fourth-order valence-electron chi connectivity index (χ4n) is 2.01. The van der Waals surface area contributed by atoms with E-state index >= 15 is 0 Å². The third kappa shape index (κ3) is 1.98. The Balaban J connectivity index is 2.08. The van der Waals surface area contributed by atoms with Crippen LogP contribution in [0.1, 0.15) is 11.3 Å². The van der Waals surface area contributed by atoms with E-state index in [1.54, 1.807) is 23.0 Å². The largest absolute Gasteiger partial charge is 0.496 e. The summed E-state index contributed by atoms with van der Waals surface area (Å²) in [5, 5.41) is 6.49. The maximum Gasteiger partial charge on any atom is 0.212 e. The Morgan fingerprint density at radius 1 is 1.42 bits per heavy atom. The third-order valence-electron chi connectivity index (χ3n) is 3.01. The predicted octanol–water partition coefficient (Wildman–Crippen LogP) is 2.23. The highest BCUT2D eigenvalue weighted by atomic mass is 32.1. The number of nitrogens with two attached hydrogens (primary N) is 1. The Hall–Kier alpha value is -1.92. The second-order valence-corrected chi connectivity index (χ2v) is 5.08. The number of thiazole rings is 1.